The molecular formula is C20H38N8O8. The summed E-state index contributed by atoms with van der Waals surface area (Å²) in [5, 5.41) is 34.1. The molecule has 0 rings (SSSR count). The van der Waals surface area contributed by atoms with Gasteiger partial charge in [0.1, 0.15) is 18.1 Å². The van der Waals surface area contributed by atoms with E-state index in [1.807, 2.05) is 0 Å². The predicted molar refractivity (Wildman–Crippen MR) is 128 cm³/mol. The highest BCUT2D eigenvalue weighted by Crippen LogP contribution is 2.06. The average Bonchev–Trinajstić information content (AvgIpc) is 2.81. The van der Waals surface area contributed by atoms with Crippen molar-refractivity contribution >= 4 is 35.6 Å². The van der Waals surface area contributed by atoms with Crippen molar-refractivity contribution in [3.63, 3.8) is 0 Å². The third-order valence-corrected chi connectivity index (χ3v) is 4.96. The highest BCUT2D eigenvalue weighted by Gasteiger charge is 2.30. The van der Waals surface area contributed by atoms with Crippen LogP contribution >= 0.6 is 0 Å². The number of carboxylic acids is 2. The molecule has 16 nitrogen and oxygen atoms in total. The lowest BCUT2D eigenvalue weighted by Gasteiger charge is -2.25. The lowest BCUT2D eigenvalue weighted by Crippen LogP contribution is -2.57. The van der Waals surface area contributed by atoms with Crippen LogP contribution in [-0.4, -0.2) is 94.8 Å². The van der Waals surface area contributed by atoms with Gasteiger partial charge in [0.2, 0.25) is 17.7 Å². The second-order valence-electron chi connectivity index (χ2n) is 7.98. The Bertz CT molecular complexity index is 775. The number of aliphatic imine (C=N–C) groups is 1. The zero-order valence-corrected chi connectivity index (χ0v) is 20.0. The molecule has 0 heterocycles. The molecule has 0 aromatic rings. The van der Waals surface area contributed by atoms with Gasteiger partial charge in [0.15, 0.2) is 5.96 Å². The fraction of sp³-hybridized carbons (Fsp3) is 0.700. The molecule has 0 bridgehead atoms. The number of hydrogen-bond acceptors (Lipinski definition) is 9. The van der Waals surface area contributed by atoms with Crippen LogP contribution < -0.4 is 38.9 Å². The number of carboxylic acid groups (broad SMARTS) is 2. The molecule has 0 aromatic heterocycles. The minimum absolute atomic E-state index is 0.0472. The quantitative estimate of drug-likeness (QED) is 0.0443. The summed E-state index contributed by atoms with van der Waals surface area (Å²) in [5.41, 5.74) is 21.8. The van der Waals surface area contributed by atoms with E-state index in [0.29, 0.717) is 19.4 Å². The second kappa shape index (κ2) is 17.9. The Morgan fingerprint density at radius 3 is 1.78 bits per heavy atom. The van der Waals surface area contributed by atoms with Gasteiger partial charge in [0.05, 0.1) is 12.6 Å². The first kappa shape index (κ1) is 32.5. The summed E-state index contributed by atoms with van der Waals surface area (Å²) in [5.74, 6) is -5.14. The normalized spacial score (nSPS) is 14.0. The molecule has 4 atom stereocenters. The Kier molecular flexibility index (Phi) is 16.1. The molecule has 0 saturated carbocycles. The second-order valence-corrected chi connectivity index (χ2v) is 7.98. The Balaban J connectivity index is 5.53. The molecule has 0 saturated heterocycles. The van der Waals surface area contributed by atoms with E-state index in [4.69, 9.17) is 33.1 Å². The van der Waals surface area contributed by atoms with E-state index in [-0.39, 0.29) is 44.6 Å². The number of hydrogen-bond donors (Lipinski definition) is 10. The molecule has 0 spiro atoms. The summed E-state index contributed by atoms with van der Waals surface area (Å²) in [4.78, 5) is 63.8. The summed E-state index contributed by atoms with van der Waals surface area (Å²) in [6, 6.07) is -5.14. The van der Waals surface area contributed by atoms with Gasteiger partial charge in [-0.15, -0.1) is 0 Å². The van der Waals surface area contributed by atoms with Crippen LogP contribution in [0.2, 0.25) is 0 Å². The number of nitrogens with two attached hydrogens (primary N) is 4. The predicted octanol–water partition coefficient (Wildman–Crippen LogP) is -4.11. The zero-order chi connectivity index (χ0) is 27.7. The van der Waals surface area contributed by atoms with Gasteiger partial charge in [-0.05, 0) is 45.1 Å². The van der Waals surface area contributed by atoms with Crippen molar-refractivity contribution in [1.29, 1.82) is 0 Å². The van der Waals surface area contributed by atoms with Gasteiger partial charge in [-0.25, -0.2) is 4.79 Å². The molecule has 0 aliphatic heterocycles. The third kappa shape index (κ3) is 14.0. The number of carbonyl (C=O) groups excluding carboxylic acids is 3. The lowest BCUT2D eigenvalue weighted by molar-refractivity contribution is -0.143. The van der Waals surface area contributed by atoms with Gasteiger partial charge in [-0.3, -0.25) is 24.2 Å². The number of guanidine groups is 1. The third-order valence-electron chi connectivity index (χ3n) is 4.96. The van der Waals surface area contributed by atoms with Gasteiger partial charge in [-0.1, -0.05) is 0 Å². The zero-order valence-electron chi connectivity index (χ0n) is 20.0. The van der Waals surface area contributed by atoms with Crippen LogP contribution in [0.25, 0.3) is 0 Å². The number of nitrogens with one attached hydrogen (secondary N) is 3. The average molecular weight is 519 g/mol. The summed E-state index contributed by atoms with van der Waals surface area (Å²) in [7, 11) is 0. The van der Waals surface area contributed by atoms with Crippen molar-refractivity contribution in [3.05, 3.63) is 0 Å². The molecule has 0 fully saturated rings. The van der Waals surface area contributed by atoms with Crippen molar-refractivity contribution in [1.82, 2.24) is 16.0 Å². The summed E-state index contributed by atoms with van der Waals surface area (Å²) in [6.45, 7) is -0.388. The number of unbranched alkanes of at least 4 members (excludes halogenated alkanes) is 1. The van der Waals surface area contributed by atoms with E-state index in [2.05, 4.69) is 20.9 Å². The number of aliphatic hydroxyl groups is 1. The smallest absolute Gasteiger partial charge is 0.328 e. The number of amides is 3. The van der Waals surface area contributed by atoms with E-state index >= 15 is 0 Å². The first-order valence-corrected chi connectivity index (χ1v) is 11.4. The van der Waals surface area contributed by atoms with Crippen molar-refractivity contribution in [2.75, 3.05) is 19.7 Å². The van der Waals surface area contributed by atoms with E-state index < -0.39 is 60.4 Å². The standard InChI is InChI=1S/C20H38N8O8/c21-8-2-1-4-12(18(34)28-14(10-29)19(35)36)27-17(33)13(5-3-9-25-20(23)24)26-16(32)11(22)6-7-15(30)31/h11-14,29H,1-10,21-22H2,(H,26,32)(H,27,33)(H,28,34)(H,30,31)(H,35,36)(H4,23,24,25). The number of nitrogens with zero attached hydrogens (tertiary/aromatic N) is 1. The van der Waals surface area contributed by atoms with Crippen molar-refractivity contribution < 1.29 is 39.3 Å². The number of aliphatic carboxylic acids is 2. The molecular weight excluding hydrogens is 480 g/mol. The van der Waals surface area contributed by atoms with E-state index in [1.54, 1.807) is 0 Å². The van der Waals surface area contributed by atoms with Crippen LogP contribution in [0.1, 0.15) is 44.9 Å². The summed E-state index contributed by atoms with van der Waals surface area (Å²) >= 11 is 0. The molecule has 0 aliphatic carbocycles. The number of rotatable bonds is 19. The highest BCUT2D eigenvalue weighted by molar-refractivity contribution is 5.94. The van der Waals surface area contributed by atoms with Gasteiger partial charge in [-0.2, -0.15) is 0 Å². The first-order chi connectivity index (χ1) is 16.9. The van der Waals surface area contributed by atoms with Gasteiger partial charge in [0.25, 0.3) is 0 Å². The fourth-order valence-electron chi connectivity index (χ4n) is 2.95. The SMILES string of the molecule is NCCCCC(NC(=O)C(CCCN=C(N)N)NC(=O)C(N)CCC(=O)O)C(=O)NC(CO)C(=O)O. The van der Waals surface area contributed by atoms with Crippen LogP contribution in [0, 0.1) is 0 Å². The van der Waals surface area contributed by atoms with Crippen LogP contribution in [0.3, 0.4) is 0 Å². The molecule has 14 N–H and O–H groups in total. The molecule has 16 heteroatoms. The first-order valence-electron chi connectivity index (χ1n) is 11.4. The molecule has 3 amide bonds. The molecule has 0 aliphatic rings. The summed E-state index contributed by atoms with van der Waals surface area (Å²) < 4.78 is 0. The topological polar surface area (TPSA) is 299 Å². The van der Waals surface area contributed by atoms with Gasteiger partial charge < -0.3 is 54.2 Å². The number of carbonyl (C=O) groups is 5. The van der Waals surface area contributed by atoms with Crippen LogP contribution in [0.15, 0.2) is 4.99 Å². The van der Waals surface area contributed by atoms with Gasteiger partial charge in [0, 0.05) is 13.0 Å². The Labute approximate surface area is 208 Å². The van der Waals surface area contributed by atoms with Crippen LogP contribution in [-0.2, 0) is 24.0 Å². The molecule has 0 aromatic carbocycles. The van der Waals surface area contributed by atoms with E-state index in [0.717, 1.165) is 0 Å². The molecule has 36 heavy (non-hydrogen) atoms. The largest absolute Gasteiger partial charge is 0.481 e. The van der Waals surface area contributed by atoms with E-state index in [9.17, 15) is 29.1 Å². The molecule has 0 radical (unpaired) electrons. The summed E-state index contributed by atoms with van der Waals surface area (Å²) in [6.07, 6.45) is 0.855. The maximum atomic E-state index is 13.0. The van der Waals surface area contributed by atoms with Crippen LogP contribution in [0.4, 0.5) is 0 Å². The van der Waals surface area contributed by atoms with Crippen molar-refractivity contribution in [2.24, 2.45) is 27.9 Å². The van der Waals surface area contributed by atoms with Gasteiger partial charge >= 0.3 is 11.9 Å². The number of aliphatic hydroxyl groups excluding tert-OH is 1. The Hall–Kier alpha value is -3.50. The van der Waals surface area contributed by atoms with Crippen LogP contribution in [0.5, 0.6) is 0 Å². The Morgan fingerprint density at radius 1 is 0.778 bits per heavy atom. The van der Waals surface area contributed by atoms with Crippen molar-refractivity contribution in [2.45, 2.75) is 69.1 Å². The monoisotopic (exact) mass is 518 g/mol. The molecule has 4 unspecified atom stereocenters. The maximum absolute atomic E-state index is 13.0. The minimum Gasteiger partial charge on any atom is -0.481 e. The highest BCUT2D eigenvalue weighted by atomic mass is 16.4. The van der Waals surface area contributed by atoms with Crippen molar-refractivity contribution in [3.8, 4) is 0 Å². The molecule has 206 valence electrons. The minimum atomic E-state index is -1.58. The fourth-order valence-corrected chi connectivity index (χ4v) is 2.95. The Morgan fingerprint density at radius 2 is 1.31 bits per heavy atom. The van der Waals surface area contributed by atoms with E-state index in [1.165, 1.54) is 0 Å². The lowest BCUT2D eigenvalue weighted by atomic mass is 10.0. The maximum Gasteiger partial charge on any atom is 0.328 e.